The first-order valence-electron chi connectivity index (χ1n) is 3.21. The maximum atomic E-state index is 12.6. The van der Waals surface area contributed by atoms with Crippen molar-refractivity contribution in [1.29, 1.82) is 0 Å². The molecule has 1 aromatic rings. The maximum Gasteiger partial charge on any atom is 0.139 e. The van der Waals surface area contributed by atoms with Crippen LogP contribution < -0.4 is 5.49 Å². The summed E-state index contributed by atoms with van der Waals surface area (Å²) < 4.78 is 14.1. The minimum Gasteiger partial charge on any atom is -0.307 e. The van der Waals surface area contributed by atoms with Crippen LogP contribution in [0.15, 0.2) is 29.9 Å². The summed E-state index contributed by atoms with van der Waals surface area (Å²) in [4.78, 5) is 3.91. The summed E-state index contributed by atoms with van der Waals surface area (Å²) in [6.45, 7) is 3.52. The van der Waals surface area contributed by atoms with Gasteiger partial charge in [-0.05, 0) is 12.1 Å². The first-order chi connectivity index (χ1) is 5.27. The second-order valence-corrected chi connectivity index (χ2v) is 2.02. The van der Waals surface area contributed by atoms with E-state index in [1.54, 1.807) is 13.1 Å². The van der Waals surface area contributed by atoms with Crippen LogP contribution in [0, 0.1) is 5.82 Å². The van der Waals surface area contributed by atoms with Crippen molar-refractivity contribution in [2.45, 2.75) is 0 Å². The van der Waals surface area contributed by atoms with Gasteiger partial charge in [-0.25, -0.2) is 4.39 Å². The molecule has 0 fully saturated rings. The van der Waals surface area contributed by atoms with Gasteiger partial charge in [-0.2, -0.15) is 0 Å². The fourth-order valence-corrected chi connectivity index (χ4v) is 0.818. The lowest BCUT2D eigenvalue weighted by Crippen LogP contribution is -2.15. The van der Waals surface area contributed by atoms with Crippen molar-refractivity contribution in [2.75, 3.05) is 7.05 Å². The molecule has 0 aliphatic heterocycles. The fourth-order valence-electron chi connectivity index (χ4n) is 0.818. The van der Waals surface area contributed by atoms with Gasteiger partial charge < -0.3 is 4.57 Å². The van der Waals surface area contributed by atoms with Crippen LogP contribution in [-0.2, 0) is 0 Å². The number of halogens is 1. The van der Waals surface area contributed by atoms with Crippen LogP contribution in [0.3, 0.4) is 0 Å². The van der Waals surface area contributed by atoms with Gasteiger partial charge in [-0.15, -0.1) is 0 Å². The molecule has 1 heterocycles. The van der Waals surface area contributed by atoms with E-state index in [2.05, 4.69) is 11.6 Å². The highest BCUT2D eigenvalue weighted by atomic mass is 19.1. The van der Waals surface area contributed by atoms with Gasteiger partial charge in [0.15, 0.2) is 0 Å². The number of rotatable bonds is 1. The molecule has 0 saturated heterocycles. The highest BCUT2D eigenvalue weighted by molar-refractivity contribution is 5.17. The minimum atomic E-state index is -0.294. The molecule has 11 heavy (non-hydrogen) atoms. The fraction of sp³-hybridized carbons (Fsp3) is 0.125. The third-order valence-corrected chi connectivity index (χ3v) is 1.34. The van der Waals surface area contributed by atoms with Gasteiger partial charge in [0.25, 0.3) is 0 Å². The monoisotopic (exact) mass is 152 g/mol. The van der Waals surface area contributed by atoms with Crippen molar-refractivity contribution in [3.05, 3.63) is 36.2 Å². The van der Waals surface area contributed by atoms with E-state index >= 15 is 0 Å². The predicted octanol–water partition coefficient (Wildman–Crippen LogP) is 1.26. The van der Waals surface area contributed by atoms with Crippen LogP contribution in [0.25, 0.3) is 6.20 Å². The van der Waals surface area contributed by atoms with E-state index in [9.17, 15) is 4.39 Å². The Kier molecular flexibility index (Phi) is 2.21. The Morgan fingerprint density at radius 1 is 1.64 bits per heavy atom. The molecule has 3 heteroatoms. The minimum absolute atomic E-state index is 0.294. The molecule has 2 nitrogen and oxygen atoms in total. The molecule has 1 rings (SSSR count). The molecule has 0 spiro atoms. The molecular weight excluding hydrogens is 143 g/mol. The number of aromatic nitrogens is 1. The molecule has 0 aromatic carbocycles. The number of pyridine rings is 1. The summed E-state index contributed by atoms with van der Waals surface area (Å²) >= 11 is 0. The zero-order valence-corrected chi connectivity index (χ0v) is 6.29. The summed E-state index contributed by atoms with van der Waals surface area (Å²) in [5, 5.41) is 0. The summed E-state index contributed by atoms with van der Waals surface area (Å²) in [6.07, 6.45) is 2.83. The van der Waals surface area contributed by atoms with Gasteiger partial charge in [-0.1, -0.05) is 6.58 Å². The summed E-state index contributed by atoms with van der Waals surface area (Å²) in [5.41, 5.74) is 0.682. The molecule has 0 aliphatic rings. The van der Waals surface area contributed by atoms with Crippen molar-refractivity contribution in [1.82, 2.24) is 4.57 Å². The first kappa shape index (κ1) is 7.72. The molecule has 0 atom stereocenters. The molecule has 1 aromatic heterocycles. The zero-order chi connectivity index (χ0) is 8.27. The van der Waals surface area contributed by atoms with Gasteiger partial charge >= 0.3 is 0 Å². The van der Waals surface area contributed by atoms with Crippen molar-refractivity contribution in [3.8, 4) is 0 Å². The Morgan fingerprint density at radius 2 is 2.36 bits per heavy atom. The first-order valence-corrected chi connectivity index (χ1v) is 3.21. The lowest BCUT2D eigenvalue weighted by Gasteiger charge is -1.98. The third-order valence-electron chi connectivity index (χ3n) is 1.34. The second kappa shape index (κ2) is 3.14. The number of hydrogen-bond acceptors (Lipinski definition) is 1. The van der Waals surface area contributed by atoms with Crippen LogP contribution in [0.1, 0.15) is 0 Å². The SMILES string of the molecule is C=Cn1cc(F)cc/c1=N/C. The van der Waals surface area contributed by atoms with E-state index in [-0.39, 0.29) is 5.82 Å². The van der Waals surface area contributed by atoms with Crippen molar-refractivity contribution < 1.29 is 4.39 Å². The van der Waals surface area contributed by atoms with E-state index in [1.807, 2.05) is 0 Å². The standard InChI is InChI=1S/C8H9FN2/c1-3-11-6-7(9)4-5-8(11)10-2/h3-6H,1H2,2H3/b10-8-. The highest BCUT2D eigenvalue weighted by Gasteiger charge is 1.90. The van der Waals surface area contributed by atoms with Gasteiger partial charge in [0.05, 0.1) is 0 Å². The van der Waals surface area contributed by atoms with Crippen LogP contribution in [0.5, 0.6) is 0 Å². The molecule has 0 amide bonds. The average molecular weight is 152 g/mol. The van der Waals surface area contributed by atoms with E-state index in [1.165, 1.54) is 23.0 Å². The van der Waals surface area contributed by atoms with Crippen molar-refractivity contribution >= 4 is 6.20 Å². The number of nitrogens with zero attached hydrogens (tertiary/aromatic N) is 2. The molecule has 58 valence electrons. The lowest BCUT2D eigenvalue weighted by atomic mass is 10.4. The van der Waals surface area contributed by atoms with Crippen molar-refractivity contribution in [2.24, 2.45) is 4.99 Å². The Hall–Kier alpha value is -1.38. The summed E-state index contributed by atoms with van der Waals surface area (Å²) in [5.74, 6) is -0.294. The molecular formula is C8H9FN2. The topological polar surface area (TPSA) is 17.3 Å². The second-order valence-electron chi connectivity index (χ2n) is 2.02. The van der Waals surface area contributed by atoms with Crippen LogP contribution >= 0.6 is 0 Å². The Labute approximate surface area is 64.3 Å². The van der Waals surface area contributed by atoms with E-state index in [0.29, 0.717) is 5.49 Å². The molecule has 0 N–H and O–H groups in total. The van der Waals surface area contributed by atoms with Crippen LogP contribution in [0.2, 0.25) is 0 Å². The summed E-state index contributed by atoms with van der Waals surface area (Å²) in [7, 11) is 1.65. The Morgan fingerprint density at radius 3 is 2.91 bits per heavy atom. The average Bonchev–Trinajstić information content (AvgIpc) is 2.04. The Balaban J connectivity index is 3.40. The largest absolute Gasteiger partial charge is 0.307 e. The molecule has 0 radical (unpaired) electrons. The third kappa shape index (κ3) is 1.55. The van der Waals surface area contributed by atoms with Gasteiger partial charge in [0.1, 0.15) is 11.3 Å². The molecule has 0 saturated carbocycles. The summed E-state index contributed by atoms with van der Waals surface area (Å²) in [6, 6.07) is 2.96. The quantitative estimate of drug-likeness (QED) is 0.576. The van der Waals surface area contributed by atoms with Crippen molar-refractivity contribution in [3.63, 3.8) is 0 Å². The number of hydrogen-bond donors (Lipinski definition) is 0. The van der Waals surface area contributed by atoms with Gasteiger partial charge in [-0.3, -0.25) is 4.99 Å². The molecule has 0 unspecified atom stereocenters. The molecule has 0 aliphatic carbocycles. The van der Waals surface area contributed by atoms with Gasteiger partial charge in [0, 0.05) is 19.4 Å². The van der Waals surface area contributed by atoms with Crippen LogP contribution in [0.4, 0.5) is 4.39 Å². The van der Waals surface area contributed by atoms with Gasteiger partial charge in [0.2, 0.25) is 0 Å². The smallest absolute Gasteiger partial charge is 0.139 e. The normalized spacial score (nSPS) is 11.6. The van der Waals surface area contributed by atoms with E-state index in [4.69, 9.17) is 0 Å². The lowest BCUT2D eigenvalue weighted by molar-refractivity contribution is 0.614. The Bertz CT molecular complexity index is 325. The van der Waals surface area contributed by atoms with E-state index < -0.39 is 0 Å². The van der Waals surface area contributed by atoms with E-state index in [0.717, 1.165) is 0 Å². The maximum absolute atomic E-state index is 12.6. The predicted molar refractivity (Wildman–Crippen MR) is 42.3 cm³/mol. The van der Waals surface area contributed by atoms with Crippen LogP contribution in [-0.4, -0.2) is 11.6 Å². The molecule has 0 bridgehead atoms. The highest BCUT2D eigenvalue weighted by Crippen LogP contribution is 1.91. The zero-order valence-electron chi connectivity index (χ0n) is 6.29.